The summed E-state index contributed by atoms with van der Waals surface area (Å²) >= 11 is 3.05. The first-order chi connectivity index (χ1) is 9.24. The lowest BCUT2D eigenvalue weighted by atomic mass is 10.2. The summed E-state index contributed by atoms with van der Waals surface area (Å²) in [4.78, 5) is 10.8. The molecular weight excluding hydrogens is 349 g/mol. The van der Waals surface area contributed by atoms with Crippen LogP contribution in [0.3, 0.4) is 0 Å². The molecule has 0 radical (unpaired) electrons. The van der Waals surface area contributed by atoms with Gasteiger partial charge in [0.15, 0.2) is 18.3 Å². The van der Waals surface area contributed by atoms with Gasteiger partial charge in [-0.05, 0) is 28.1 Å². The van der Waals surface area contributed by atoms with Gasteiger partial charge in [-0.25, -0.2) is 4.79 Å². The smallest absolute Gasteiger partial charge is 0.411 e. The molecule has 20 heavy (non-hydrogen) atoms. The number of carboxylic acids is 1. The molecule has 1 rings (SSSR count). The maximum absolute atomic E-state index is 11.9. The highest BCUT2D eigenvalue weighted by Crippen LogP contribution is 2.36. The molecule has 0 aliphatic carbocycles. The van der Waals surface area contributed by atoms with Crippen molar-refractivity contribution in [2.45, 2.75) is 6.18 Å². The number of aromatic carboxylic acids is 1. The Morgan fingerprint density at radius 1 is 1.40 bits per heavy atom. The van der Waals surface area contributed by atoms with Crippen LogP contribution in [0.2, 0.25) is 0 Å². The molecule has 0 amide bonds. The van der Waals surface area contributed by atoms with E-state index in [-0.39, 0.29) is 21.5 Å². The van der Waals surface area contributed by atoms with Crippen LogP contribution < -0.4 is 9.47 Å². The lowest BCUT2D eigenvalue weighted by molar-refractivity contribution is -0.186. The van der Waals surface area contributed by atoms with Gasteiger partial charge in [-0.2, -0.15) is 13.2 Å². The zero-order chi connectivity index (χ0) is 15.3. The fraction of sp³-hybridized carbons (Fsp3) is 0.364. The molecule has 0 aliphatic heterocycles. The Kier molecular flexibility index (Phi) is 5.63. The molecule has 0 unspecified atom stereocenters. The molecule has 0 aromatic heterocycles. The van der Waals surface area contributed by atoms with Gasteiger partial charge < -0.3 is 19.3 Å². The summed E-state index contributed by atoms with van der Waals surface area (Å²) in [5.41, 5.74) is -0.0581. The minimum Gasteiger partial charge on any atom is -0.493 e. The van der Waals surface area contributed by atoms with E-state index in [1.807, 2.05) is 0 Å². The number of hydrogen-bond donors (Lipinski definition) is 1. The average Bonchev–Trinajstić information content (AvgIpc) is 2.33. The Labute approximate surface area is 120 Å². The second-order valence-electron chi connectivity index (χ2n) is 3.52. The van der Waals surface area contributed by atoms with Crippen molar-refractivity contribution in [1.29, 1.82) is 0 Å². The number of halogens is 4. The van der Waals surface area contributed by atoms with Crippen molar-refractivity contribution >= 4 is 21.9 Å². The molecule has 0 heterocycles. The fourth-order valence-electron chi connectivity index (χ4n) is 1.24. The number of benzene rings is 1. The second kappa shape index (κ2) is 6.80. The Bertz CT molecular complexity index is 490. The molecule has 0 atom stereocenters. The number of carboxylic acid groups (broad SMARTS) is 1. The molecule has 1 N–H and O–H groups in total. The van der Waals surface area contributed by atoms with Crippen LogP contribution in [0.25, 0.3) is 0 Å². The predicted molar refractivity (Wildman–Crippen MR) is 65.2 cm³/mol. The molecule has 0 saturated heterocycles. The zero-order valence-electron chi connectivity index (χ0n) is 10.2. The van der Waals surface area contributed by atoms with E-state index < -0.39 is 25.5 Å². The van der Waals surface area contributed by atoms with Crippen molar-refractivity contribution in [3.8, 4) is 11.5 Å². The van der Waals surface area contributed by atoms with Crippen LogP contribution in [0.4, 0.5) is 13.2 Å². The van der Waals surface area contributed by atoms with Gasteiger partial charge in [0.05, 0.1) is 17.1 Å². The molecule has 1 aromatic rings. The lowest BCUT2D eigenvalue weighted by Gasteiger charge is -2.14. The molecule has 1 aromatic carbocycles. The standard InChI is InChI=1S/C11H10BrF3O5/c1-18-8-3-6(10(16)17)2-7(12)9(8)20-5-19-4-11(13,14)15/h2-3H,4-5H2,1H3,(H,16,17). The number of alkyl halides is 3. The molecule has 0 fully saturated rings. The quantitative estimate of drug-likeness (QED) is 0.625. The number of rotatable bonds is 6. The van der Waals surface area contributed by atoms with Gasteiger partial charge in [-0.1, -0.05) is 0 Å². The highest BCUT2D eigenvalue weighted by molar-refractivity contribution is 9.10. The maximum atomic E-state index is 11.9. The number of carbonyl (C=O) groups is 1. The molecule has 112 valence electrons. The van der Waals surface area contributed by atoms with Crippen LogP contribution in [-0.2, 0) is 4.74 Å². The summed E-state index contributed by atoms with van der Waals surface area (Å²) in [5.74, 6) is -1.06. The van der Waals surface area contributed by atoms with E-state index in [4.69, 9.17) is 14.6 Å². The molecule has 0 spiro atoms. The molecule has 0 saturated carbocycles. The van der Waals surface area contributed by atoms with Crippen LogP contribution in [-0.4, -0.2) is 37.8 Å². The maximum Gasteiger partial charge on any atom is 0.411 e. The van der Waals surface area contributed by atoms with E-state index in [0.29, 0.717) is 0 Å². The average molecular weight is 359 g/mol. The summed E-state index contributed by atoms with van der Waals surface area (Å²) in [6, 6.07) is 2.43. The summed E-state index contributed by atoms with van der Waals surface area (Å²) in [5, 5.41) is 8.86. The zero-order valence-corrected chi connectivity index (χ0v) is 11.7. The first-order valence-electron chi connectivity index (χ1n) is 5.12. The second-order valence-corrected chi connectivity index (χ2v) is 4.37. The van der Waals surface area contributed by atoms with Crippen LogP contribution in [0.5, 0.6) is 11.5 Å². The van der Waals surface area contributed by atoms with Gasteiger partial charge in [0, 0.05) is 0 Å². The van der Waals surface area contributed by atoms with Crippen molar-refractivity contribution in [1.82, 2.24) is 0 Å². The van der Waals surface area contributed by atoms with Gasteiger partial charge >= 0.3 is 12.1 Å². The summed E-state index contributed by atoms with van der Waals surface area (Å²) in [6.45, 7) is -2.10. The third-order valence-electron chi connectivity index (χ3n) is 2.03. The summed E-state index contributed by atoms with van der Waals surface area (Å²) < 4.78 is 50.0. The Morgan fingerprint density at radius 2 is 2.05 bits per heavy atom. The first kappa shape index (κ1) is 16.6. The van der Waals surface area contributed by atoms with Gasteiger partial charge in [-0.15, -0.1) is 0 Å². The van der Waals surface area contributed by atoms with Crippen LogP contribution in [0.15, 0.2) is 16.6 Å². The minimum absolute atomic E-state index is 0.0553. The van der Waals surface area contributed by atoms with Crippen molar-refractivity contribution < 1.29 is 37.3 Å². The van der Waals surface area contributed by atoms with Crippen molar-refractivity contribution in [3.63, 3.8) is 0 Å². The number of hydrogen-bond acceptors (Lipinski definition) is 4. The van der Waals surface area contributed by atoms with E-state index >= 15 is 0 Å². The van der Waals surface area contributed by atoms with Crippen LogP contribution >= 0.6 is 15.9 Å². The Hall–Kier alpha value is -1.48. The first-order valence-corrected chi connectivity index (χ1v) is 5.92. The number of methoxy groups -OCH3 is 1. The molecular formula is C11H10BrF3O5. The predicted octanol–water partition coefficient (Wildman–Crippen LogP) is 3.07. The van der Waals surface area contributed by atoms with Gasteiger partial charge in [0.2, 0.25) is 0 Å². The van der Waals surface area contributed by atoms with Crippen molar-refractivity contribution in [2.75, 3.05) is 20.5 Å². The largest absolute Gasteiger partial charge is 0.493 e. The van der Waals surface area contributed by atoms with E-state index in [1.54, 1.807) is 0 Å². The summed E-state index contributed by atoms with van der Waals surface area (Å²) in [7, 11) is 1.27. The van der Waals surface area contributed by atoms with Crippen LogP contribution in [0, 0.1) is 0 Å². The lowest BCUT2D eigenvalue weighted by Crippen LogP contribution is -2.19. The Balaban J connectivity index is 2.77. The SMILES string of the molecule is COc1cc(C(=O)O)cc(Br)c1OCOCC(F)(F)F. The molecule has 9 heteroatoms. The third kappa shape index (κ3) is 4.89. The normalized spacial score (nSPS) is 11.2. The highest BCUT2D eigenvalue weighted by atomic mass is 79.9. The summed E-state index contributed by atoms with van der Waals surface area (Å²) in [6.07, 6.45) is -4.45. The van der Waals surface area contributed by atoms with Gasteiger partial charge in [0.1, 0.15) is 6.61 Å². The third-order valence-corrected chi connectivity index (χ3v) is 2.62. The molecule has 5 nitrogen and oxygen atoms in total. The van der Waals surface area contributed by atoms with Crippen molar-refractivity contribution in [2.24, 2.45) is 0 Å². The van der Waals surface area contributed by atoms with E-state index in [0.717, 1.165) is 0 Å². The monoisotopic (exact) mass is 358 g/mol. The van der Waals surface area contributed by atoms with Crippen LogP contribution in [0.1, 0.15) is 10.4 Å². The highest BCUT2D eigenvalue weighted by Gasteiger charge is 2.27. The topological polar surface area (TPSA) is 65.0 Å². The fourth-order valence-corrected chi connectivity index (χ4v) is 1.80. The Morgan fingerprint density at radius 3 is 2.55 bits per heavy atom. The number of ether oxygens (including phenoxy) is 3. The minimum atomic E-state index is -4.45. The molecule has 0 bridgehead atoms. The molecule has 0 aliphatic rings. The van der Waals surface area contributed by atoms with Crippen molar-refractivity contribution in [3.05, 3.63) is 22.2 Å². The van der Waals surface area contributed by atoms with E-state index in [2.05, 4.69) is 20.7 Å². The van der Waals surface area contributed by atoms with Gasteiger partial charge in [0.25, 0.3) is 0 Å². The van der Waals surface area contributed by atoms with E-state index in [1.165, 1.54) is 19.2 Å². The van der Waals surface area contributed by atoms with Gasteiger partial charge in [-0.3, -0.25) is 0 Å². The van der Waals surface area contributed by atoms with E-state index in [9.17, 15) is 18.0 Å².